The molecule has 0 heterocycles. The van der Waals surface area contributed by atoms with Crippen molar-refractivity contribution in [3.63, 3.8) is 0 Å². The van der Waals surface area contributed by atoms with Crippen molar-refractivity contribution in [3.05, 3.63) is 29.8 Å². The van der Waals surface area contributed by atoms with Gasteiger partial charge in [-0.2, -0.15) is 5.26 Å². The first-order valence-corrected chi connectivity index (χ1v) is 5.13. The van der Waals surface area contributed by atoms with Crippen molar-refractivity contribution in [2.45, 2.75) is 31.5 Å². The molecule has 2 rings (SSSR count). The summed E-state index contributed by atoms with van der Waals surface area (Å²) in [7, 11) is 0. The molecule has 2 atom stereocenters. The summed E-state index contributed by atoms with van der Waals surface area (Å²) >= 11 is 0. The van der Waals surface area contributed by atoms with E-state index in [4.69, 9.17) is 10.00 Å². The van der Waals surface area contributed by atoms with Crippen molar-refractivity contribution in [2.24, 2.45) is 0 Å². The van der Waals surface area contributed by atoms with E-state index in [-0.39, 0.29) is 12.2 Å². The molecule has 0 spiro atoms. The van der Waals surface area contributed by atoms with Crippen LogP contribution in [0.25, 0.3) is 0 Å². The summed E-state index contributed by atoms with van der Waals surface area (Å²) in [6, 6.07) is 9.12. The van der Waals surface area contributed by atoms with Gasteiger partial charge in [0.05, 0.1) is 17.7 Å². The summed E-state index contributed by atoms with van der Waals surface area (Å²) in [6.07, 6.45) is 2.34. The third-order valence-corrected chi connectivity index (χ3v) is 2.64. The Bertz CT molecular complexity index is 366. The van der Waals surface area contributed by atoms with Gasteiger partial charge in [-0.3, -0.25) is 0 Å². The number of benzene rings is 1. The molecule has 1 aliphatic rings. The minimum Gasteiger partial charge on any atom is -0.490 e. The average Bonchev–Trinajstić information content (AvgIpc) is 2.65. The molecule has 15 heavy (non-hydrogen) atoms. The van der Waals surface area contributed by atoms with Crippen LogP contribution >= 0.6 is 0 Å². The summed E-state index contributed by atoms with van der Waals surface area (Å²) < 4.78 is 5.68. The SMILES string of the molecule is N#Cc1ccc(OC2CCC(O)C2)cc1. The molecule has 0 radical (unpaired) electrons. The van der Waals surface area contributed by atoms with Crippen LogP contribution in [-0.4, -0.2) is 17.3 Å². The van der Waals surface area contributed by atoms with E-state index in [2.05, 4.69) is 6.07 Å². The fraction of sp³-hybridized carbons (Fsp3) is 0.417. The predicted octanol–water partition coefficient (Wildman–Crippen LogP) is 1.85. The topological polar surface area (TPSA) is 53.2 Å². The van der Waals surface area contributed by atoms with Crippen LogP contribution in [0.3, 0.4) is 0 Å². The molecule has 1 aromatic rings. The second kappa shape index (κ2) is 4.33. The fourth-order valence-electron chi connectivity index (χ4n) is 1.82. The van der Waals surface area contributed by atoms with Gasteiger partial charge in [-0.15, -0.1) is 0 Å². The first-order chi connectivity index (χ1) is 7.28. The molecule has 1 aliphatic carbocycles. The van der Waals surface area contributed by atoms with E-state index in [1.165, 1.54) is 0 Å². The highest BCUT2D eigenvalue weighted by molar-refractivity contribution is 5.34. The number of aliphatic hydroxyl groups is 1. The van der Waals surface area contributed by atoms with Crippen molar-refractivity contribution in [2.75, 3.05) is 0 Å². The summed E-state index contributed by atoms with van der Waals surface area (Å²) in [5.41, 5.74) is 0.633. The fourth-order valence-corrected chi connectivity index (χ4v) is 1.82. The van der Waals surface area contributed by atoms with Crippen LogP contribution in [0.15, 0.2) is 24.3 Å². The number of aliphatic hydroxyl groups excluding tert-OH is 1. The van der Waals surface area contributed by atoms with Gasteiger partial charge < -0.3 is 9.84 Å². The Hall–Kier alpha value is -1.53. The zero-order valence-electron chi connectivity index (χ0n) is 8.39. The molecule has 1 aromatic carbocycles. The quantitative estimate of drug-likeness (QED) is 0.798. The molecule has 0 saturated heterocycles. The number of rotatable bonds is 2. The molecule has 1 saturated carbocycles. The maximum absolute atomic E-state index is 9.34. The highest BCUT2D eigenvalue weighted by Crippen LogP contribution is 2.24. The molecule has 0 bridgehead atoms. The lowest BCUT2D eigenvalue weighted by atomic mass is 10.2. The van der Waals surface area contributed by atoms with Crippen LogP contribution in [-0.2, 0) is 0 Å². The van der Waals surface area contributed by atoms with Crippen LogP contribution in [0.5, 0.6) is 5.75 Å². The standard InChI is InChI=1S/C12H13NO2/c13-8-9-1-4-11(5-2-9)15-12-6-3-10(14)7-12/h1-2,4-5,10,12,14H,3,6-7H2. The normalized spacial score (nSPS) is 24.8. The molecule has 3 heteroatoms. The molecule has 1 N–H and O–H groups in total. The van der Waals surface area contributed by atoms with Gasteiger partial charge in [0.15, 0.2) is 0 Å². The molecule has 0 aliphatic heterocycles. The number of hydrogen-bond donors (Lipinski definition) is 1. The van der Waals surface area contributed by atoms with Crippen LogP contribution in [0.4, 0.5) is 0 Å². The molecule has 3 nitrogen and oxygen atoms in total. The zero-order chi connectivity index (χ0) is 10.7. The van der Waals surface area contributed by atoms with E-state index in [0.717, 1.165) is 18.6 Å². The average molecular weight is 203 g/mol. The highest BCUT2D eigenvalue weighted by atomic mass is 16.5. The lowest BCUT2D eigenvalue weighted by Gasteiger charge is -2.12. The number of hydrogen-bond acceptors (Lipinski definition) is 3. The smallest absolute Gasteiger partial charge is 0.119 e. The van der Waals surface area contributed by atoms with Crippen molar-refractivity contribution in [1.82, 2.24) is 0 Å². The Morgan fingerprint density at radius 3 is 2.53 bits per heavy atom. The molecular formula is C12H13NO2. The predicted molar refractivity (Wildman–Crippen MR) is 55.4 cm³/mol. The maximum atomic E-state index is 9.34. The maximum Gasteiger partial charge on any atom is 0.119 e. The number of nitriles is 1. The summed E-state index contributed by atoms with van der Waals surface area (Å²) in [5.74, 6) is 0.771. The Kier molecular flexibility index (Phi) is 2.89. The highest BCUT2D eigenvalue weighted by Gasteiger charge is 2.24. The van der Waals surface area contributed by atoms with E-state index in [1.807, 2.05) is 0 Å². The summed E-state index contributed by atoms with van der Waals surface area (Å²) in [4.78, 5) is 0. The zero-order valence-corrected chi connectivity index (χ0v) is 8.39. The third-order valence-electron chi connectivity index (χ3n) is 2.64. The Morgan fingerprint density at radius 2 is 2.00 bits per heavy atom. The van der Waals surface area contributed by atoms with Gasteiger partial charge >= 0.3 is 0 Å². The lowest BCUT2D eigenvalue weighted by Crippen LogP contribution is -2.13. The van der Waals surface area contributed by atoms with Crippen molar-refractivity contribution in [1.29, 1.82) is 5.26 Å². The van der Waals surface area contributed by atoms with Crippen LogP contribution in [0.2, 0.25) is 0 Å². The van der Waals surface area contributed by atoms with Crippen LogP contribution in [0.1, 0.15) is 24.8 Å². The largest absolute Gasteiger partial charge is 0.490 e. The Morgan fingerprint density at radius 1 is 1.27 bits per heavy atom. The van der Waals surface area contributed by atoms with Gasteiger partial charge in [0.2, 0.25) is 0 Å². The van der Waals surface area contributed by atoms with Crippen molar-refractivity contribution >= 4 is 0 Å². The van der Waals surface area contributed by atoms with Gasteiger partial charge in [-0.25, -0.2) is 0 Å². The molecule has 1 fully saturated rings. The van der Waals surface area contributed by atoms with Gasteiger partial charge in [0.25, 0.3) is 0 Å². The van der Waals surface area contributed by atoms with E-state index in [9.17, 15) is 5.11 Å². The van der Waals surface area contributed by atoms with Crippen LogP contribution in [0, 0.1) is 11.3 Å². The second-order valence-corrected chi connectivity index (χ2v) is 3.84. The first-order valence-electron chi connectivity index (χ1n) is 5.13. The van der Waals surface area contributed by atoms with Gasteiger partial charge in [0, 0.05) is 6.42 Å². The monoisotopic (exact) mass is 203 g/mol. The Balaban J connectivity index is 1.96. The minimum atomic E-state index is -0.214. The first kappa shape index (κ1) is 10.0. The Labute approximate surface area is 88.9 Å². The minimum absolute atomic E-state index is 0.118. The number of ether oxygens (including phenoxy) is 1. The van der Waals surface area contributed by atoms with E-state index >= 15 is 0 Å². The molecule has 0 aromatic heterocycles. The van der Waals surface area contributed by atoms with Crippen LogP contribution < -0.4 is 4.74 Å². The van der Waals surface area contributed by atoms with E-state index in [1.54, 1.807) is 24.3 Å². The molecule has 78 valence electrons. The molecule has 0 amide bonds. The number of nitrogens with zero attached hydrogens (tertiary/aromatic N) is 1. The summed E-state index contributed by atoms with van der Waals surface area (Å²) in [5, 5.41) is 18.0. The lowest BCUT2D eigenvalue weighted by molar-refractivity contribution is 0.150. The molecular weight excluding hydrogens is 190 g/mol. The van der Waals surface area contributed by atoms with Gasteiger partial charge in [-0.1, -0.05) is 0 Å². The summed E-state index contributed by atoms with van der Waals surface area (Å²) in [6.45, 7) is 0. The van der Waals surface area contributed by atoms with E-state index in [0.29, 0.717) is 12.0 Å². The van der Waals surface area contributed by atoms with Crippen molar-refractivity contribution in [3.8, 4) is 11.8 Å². The van der Waals surface area contributed by atoms with Gasteiger partial charge in [-0.05, 0) is 37.1 Å². The van der Waals surface area contributed by atoms with E-state index < -0.39 is 0 Å². The van der Waals surface area contributed by atoms with Crippen molar-refractivity contribution < 1.29 is 9.84 Å². The van der Waals surface area contributed by atoms with Gasteiger partial charge in [0.1, 0.15) is 11.9 Å². The molecule has 2 unspecified atom stereocenters. The second-order valence-electron chi connectivity index (χ2n) is 3.84. The third kappa shape index (κ3) is 2.48.